The van der Waals surface area contributed by atoms with Crippen molar-refractivity contribution in [3.63, 3.8) is 0 Å². The molecule has 4 aromatic carbocycles. The van der Waals surface area contributed by atoms with Gasteiger partial charge in [0.15, 0.2) is 0 Å². The Labute approximate surface area is 522 Å². The van der Waals surface area contributed by atoms with Crippen LogP contribution >= 0.6 is 0 Å². The number of nitrogens with two attached hydrogens (primary N) is 2. The lowest BCUT2D eigenvalue weighted by atomic mass is 9.92. The van der Waals surface area contributed by atoms with Crippen LogP contribution in [0.4, 0.5) is 0 Å². The second-order valence-corrected chi connectivity index (χ2v) is 21.9. The van der Waals surface area contributed by atoms with E-state index in [0.717, 1.165) is 22.3 Å². The van der Waals surface area contributed by atoms with Crippen LogP contribution in [0.15, 0.2) is 134 Å². The fraction of sp³-hybridized carbons (Fsp3) is 0.486. The number of nitrogens with zero attached hydrogens (tertiary/aromatic N) is 2. The van der Waals surface area contributed by atoms with Gasteiger partial charge in [0.1, 0.15) is 24.2 Å². The van der Waals surface area contributed by atoms with Crippen LogP contribution in [-0.2, 0) is 38.4 Å². The van der Waals surface area contributed by atoms with Crippen LogP contribution in [0.1, 0.15) is 166 Å². The zero-order valence-corrected chi connectivity index (χ0v) is 52.9. The zero-order valence-electron chi connectivity index (χ0n) is 52.9. The molecule has 0 aliphatic carbocycles. The molecule has 4 saturated heterocycles. The van der Waals surface area contributed by atoms with E-state index in [1.165, 1.54) is 13.3 Å². The van der Waals surface area contributed by atoms with Crippen molar-refractivity contribution in [1.82, 2.24) is 41.7 Å². The van der Waals surface area contributed by atoms with Gasteiger partial charge in [0, 0.05) is 62.7 Å². The number of nitrogens with one attached hydrogen (secondary N) is 6. The molecule has 4 heterocycles. The fourth-order valence-corrected chi connectivity index (χ4v) is 11.7. The van der Waals surface area contributed by atoms with Crippen LogP contribution in [0.25, 0.3) is 0 Å². The lowest BCUT2D eigenvalue weighted by Crippen LogP contribution is -2.58. The summed E-state index contributed by atoms with van der Waals surface area (Å²) >= 11 is 0. The summed E-state index contributed by atoms with van der Waals surface area (Å²) < 4.78 is 0. The van der Waals surface area contributed by atoms with E-state index >= 15 is 0 Å². The van der Waals surface area contributed by atoms with Gasteiger partial charge in [-0.3, -0.25) is 38.4 Å². The molecule has 4 fully saturated rings. The van der Waals surface area contributed by atoms with E-state index in [2.05, 4.69) is 70.7 Å². The van der Waals surface area contributed by atoms with Gasteiger partial charge in [-0.05, 0) is 80.5 Å². The topological polar surface area (TPSA) is 267 Å². The van der Waals surface area contributed by atoms with Crippen LogP contribution < -0.4 is 43.4 Å². The molecule has 4 aliphatic rings. The summed E-state index contributed by atoms with van der Waals surface area (Å²) in [7, 11) is 0. The van der Waals surface area contributed by atoms with Gasteiger partial charge in [0.2, 0.25) is 47.3 Å². The third-order valence-corrected chi connectivity index (χ3v) is 15.9. The molecule has 18 nitrogen and oxygen atoms in total. The van der Waals surface area contributed by atoms with E-state index in [9.17, 15) is 38.4 Å². The lowest BCUT2D eigenvalue weighted by molar-refractivity contribution is -0.143. The van der Waals surface area contributed by atoms with Gasteiger partial charge in [0.05, 0.1) is 24.7 Å². The minimum absolute atomic E-state index is 0.0600. The van der Waals surface area contributed by atoms with Crippen LogP contribution in [0.3, 0.4) is 0 Å². The molecular formula is C70H98N10O8. The molecule has 8 rings (SSSR count). The Morgan fingerprint density at radius 3 is 1.16 bits per heavy atom. The van der Waals surface area contributed by atoms with Crippen molar-refractivity contribution in [3.8, 4) is 11.8 Å². The Balaban J connectivity index is 0.00000175. The van der Waals surface area contributed by atoms with E-state index < -0.39 is 65.9 Å². The van der Waals surface area contributed by atoms with Gasteiger partial charge >= 0.3 is 0 Å². The maximum absolute atomic E-state index is 14.6. The lowest BCUT2D eigenvalue weighted by Gasteiger charge is -2.33. The molecule has 9 unspecified atom stereocenters. The Bertz CT molecular complexity index is 2790. The molecule has 88 heavy (non-hydrogen) atoms. The SMILES string of the molecule is C=C.CC.CC.CC(N)C(=O)NC1C(=O)N2C(CCC1CNC(=O)CCC#CCCC(=O)NCC1CCC3CCC(C(=O)NC(c4ccccc4)c4ccccc4)N3C(=O)C1NC(=O)CN)CCC2C(=O)NC(c1ccccc1)c1ccccc1.CCC. The summed E-state index contributed by atoms with van der Waals surface area (Å²) in [5.74, 6) is 2.05. The second-order valence-electron chi connectivity index (χ2n) is 21.9. The Morgan fingerprint density at radius 2 is 0.841 bits per heavy atom. The van der Waals surface area contributed by atoms with E-state index in [-0.39, 0.29) is 92.8 Å². The number of rotatable bonds is 20. The van der Waals surface area contributed by atoms with Gasteiger partial charge in [-0.1, -0.05) is 169 Å². The number of hydrogen-bond acceptors (Lipinski definition) is 10. The van der Waals surface area contributed by atoms with Gasteiger partial charge in [-0.25, -0.2) is 0 Å². The summed E-state index contributed by atoms with van der Waals surface area (Å²) in [5, 5.41) is 17.9. The van der Waals surface area contributed by atoms with Gasteiger partial charge in [0.25, 0.3) is 0 Å². The summed E-state index contributed by atoms with van der Waals surface area (Å²) in [4.78, 5) is 113. The highest BCUT2D eigenvalue weighted by molar-refractivity contribution is 5.95. The first-order valence-corrected chi connectivity index (χ1v) is 31.7. The monoisotopic (exact) mass is 1210 g/mol. The molecule has 10 N–H and O–H groups in total. The highest BCUT2D eigenvalue weighted by atomic mass is 16.2. The van der Waals surface area contributed by atoms with Crippen molar-refractivity contribution < 1.29 is 38.4 Å². The molecule has 476 valence electrons. The Hall–Kier alpha value is -8.14. The zero-order chi connectivity index (χ0) is 64.5. The maximum atomic E-state index is 14.6. The summed E-state index contributed by atoms with van der Waals surface area (Å²) in [6.07, 6.45) is 6.15. The van der Waals surface area contributed by atoms with E-state index in [1.807, 2.05) is 149 Å². The number of carbonyl (C=O) groups excluding carboxylic acids is 8. The third-order valence-electron chi connectivity index (χ3n) is 15.9. The fourth-order valence-electron chi connectivity index (χ4n) is 11.7. The minimum atomic E-state index is -1.02. The molecule has 18 heteroatoms. The summed E-state index contributed by atoms with van der Waals surface area (Å²) in [5.41, 5.74) is 15.3. The number of hydrogen-bond donors (Lipinski definition) is 8. The first-order chi connectivity index (χ1) is 42.7. The van der Waals surface area contributed by atoms with Gasteiger partial charge < -0.3 is 53.2 Å². The molecule has 0 spiro atoms. The average molecular weight is 1210 g/mol. The Morgan fingerprint density at radius 1 is 0.523 bits per heavy atom. The molecule has 0 bridgehead atoms. The average Bonchev–Trinajstić information content (AvgIpc) is 4.03. The standard InChI is InChI=1S/C61H74N10O8.C3H8.2C2H6.C2H4/c1-39(63)57(75)69-56-45(29-31-47-33-35-49(71(47)61(56)79)59(77)68-54(42-22-12-6-13-23-42)43-24-14-7-15-25-43)38-65-51(73)27-17-3-2-16-26-50(72)64-37-44-28-30-46-32-34-48(70(46)60(78)55(44)66-52(74)36-62)58(76)67-53(40-18-8-4-9-19-40)41-20-10-5-11-21-41;1-3-2;3*1-2/h4-15,18-25,39,44-49,53-56H,16-17,26-38,62-63H2,1H3,(H,64,72)(H,65,73)(H,66,74)(H,67,76)(H,68,77)(H,69,75);3H2,1-2H3;2*1-2H3;1-2H2. The van der Waals surface area contributed by atoms with E-state index in [4.69, 9.17) is 11.5 Å². The highest BCUT2D eigenvalue weighted by Crippen LogP contribution is 2.37. The van der Waals surface area contributed by atoms with Gasteiger partial charge in [-0.15, -0.1) is 25.0 Å². The van der Waals surface area contributed by atoms with Crippen molar-refractivity contribution in [2.24, 2.45) is 23.3 Å². The minimum Gasteiger partial charge on any atom is -0.356 e. The maximum Gasteiger partial charge on any atom is 0.246 e. The number of carbonyl (C=O) groups is 8. The molecular weight excluding hydrogens is 1110 g/mol. The first-order valence-electron chi connectivity index (χ1n) is 31.7. The van der Waals surface area contributed by atoms with E-state index in [1.54, 1.807) is 9.80 Å². The second kappa shape index (κ2) is 38.9. The normalized spacial score (nSPS) is 21.0. The molecule has 0 radical (unpaired) electrons. The van der Waals surface area contributed by atoms with Crippen molar-refractivity contribution in [2.45, 2.75) is 186 Å². The number of benzene rings is 4. The van der Waals surface area contributed by atoms with Crippen molar-refractivity contribution in [1.29, 1.82) is 0 Å². The summed E-state index contributed by atoms with van der Waals surface area (Å²) in [6, 6.07) is 32.8. The molecule has 0 saturated carbocycles. The van der Waals surface area contributed by atoms with E-state index in [0.29, 0.717) is 51.4 Å². The summed E-state index contributed by atoms with van der Waals surface area (Å²) in [6.45, 7) is 19.7. The third kappa shape index (κ3) is 20.8. The largest absolute Gasteiger partial charge is 0.356 e. The van der Waals surface area contributed by atoms with Gasteiger partial charge in [-0.2, -0.15) is 0 Å². The van der Waals surface area contributed by atoms with Crippen LogP contribution in [0.5, 0.6) is 0 Å². The molecule has 8 amide bonds. The number of fused-ring (bicyclic) bond motifs is 2. The Kier molecular flexibility index (Phi) is 32.0. The van der Waals surface area contributed by atoms with Crippen LogP contribution in [0, 0.1) is 23.7 Å². The molecule has 9 atom stereocenters. The predicted octanol–water partition coefficient (Wildman–Crippen LogP) is 7.68. The molecule has 4 aromatic rings. The van der Waals surface area contributed by atoms with Crippen molar-refractivity contribution in [3.05, 3.63) is 157 Å². The van der Waals surface area contributed by atoms with Crippen molar-refractivity contribution >= 4 is 47.3 Å². The highest BCUT2D eigenvalue weighted by Gasteiger charge is 2.49. The van der Waals surface area contributed by atoms with Crippen LogP contribution in [-0.4, -0.2) is 119 Å². The molecule has 0 aromatic heterocycles. The smallest absolute Gasteiger partial charge is 0.246 e. The quantitative estimate of drug-likeness (QED) is 0.0316. The van der Waals surface area contributed by atoms with Crippen LogP contribution in [0.2, 0.25) is 0 Å². The first kappa shape index (κ1) is 72.3. The molecule has 4 aliphatic heterocycles. The predicted molar refractivity (Wildman–Crippen MR) is 347 cm³/mol. The number of amides is 8. The van der Waals surface area contributed by atoms with Crippen molar-refractivity contribution in [2.75, 3.05) is 19.6 Å².